The van der Waals surface area contributed by atoms with Gasteiger partial charge in [-0.05, 0) is 25.5 Å². The zero-order chi connectivity index (χ0) is 15.1. The van der Waals surface area contributed by atoms with E-state index in [0.29, 0.717) is 5.69 Å². The van der Waals surface area contributed by atoms with Gasteiger partial charge in [0.15, 0.2) is 0 Å². The zero-order valence-corrected chi connectivity index (χ0v) is 11.3. The van der Waals surface area contributed by atoms with Crippen molar-refractivity contribution in [2.45, 2.75) is 13.8 Å². The number of hydrogen-bond donors (Lipinski definition) is 3. The van der Waals surface area contributed by atoms with Crippen molar-refractivity contribution >= 4 is 23.5 Å². The Hall–Kier alpha value is -2.63. The van der Waals surface area contributed by atoms with E-state index in [2.05, 4.69) is 10.6 Å². The van der Waals surface area contributed by atoms with Crippen LogP contribution < -0.4 is 10.6 Å². The molecule has 0 bridgehead atoms. The summed E-state index contributed by atoms with van der Waals surface area (Å²) in [6.45, 7) is 3.33. The smallest absolute Gasteiger partial charge is 0.322 e. The minimum Gasteiger partial charge on any atom is -0.480 e. The van der Waals surface area contributed by atoms with E-state index in [-0.39, 0.29) is 0 Å². The summed E-state index contributed by atoms with van der Waals surface area (Å²) in [7, 11) is 0. The van der Waals surface area contributed by atoms with Gasteiger partial charge >= 0.3 is 5.97 Å². The van der Waals surface area contributed by atoms with Crippen LogP contribution in [-0.4, -0.2) is 29.4 Å². The van der Waals surface area contributed by atoms with Crippen molar-refractivity contribution in [2.24, 2.45) is 0 Å². The molecule has 0 unspecified atom stereocenters. The van der Waals surface area contributed by atoms with Crippen LogP contribution in [0.25, 0.3) is 0 Å². The Labute approximate surface area is 116 Å². The predicted molar refractivity (Wildman–Crippen MR) is 74.3 cm³/mol. The van der Waals surface area contributed by atoms with Crippen LogP contribution in [-0.2, 0) is 14.4 Å². The first-order chi connectivity index (χ1) is 9.38. The topological polar surface area (TPSA) is 95.5 Å². The van der Waals surface area contributed by atoms with Crippen molar-refractivity contribution in [3.63, 3.8) is 0 Å². The Kier molecular flexibility index (Phi) is 5.46. The van der Waals surface area contributed by atoms with E-state index in [1.165, 1.54) is 0 Å². The molecule has 20 heavy (non-hydrogen) atoms. The van der Waals surface area contributed by atoms with Crippen molar-refractivity contribution < 1.29 is 19.5 Å². The molecule has 0 fully saturated rings. The maximum atomic E-state index is 11.6. The molecule has 1 rings (SSSR count). The van der Waals surface area contributed by atoms with Gasteiger partial charge in [-0.25, -0.2) is 0 Å². The minimum absolute atomic E-state index is 0.456. The van der Waals surface area contributed by atoms with Crippen LogP contribution in [0.2, 0.25) is 0 Å². The molecule has 0 aromatic heterocycles. The van der Waals surface area contributed by atoms with Gasteiger partial charge in [0, 0.05) is 17.8 Å². The molecule has 106 valence electrons. The summed E-state index contributed by atoms with van der Waals surface area (Å²) in [6.07, 6.45) is 2.04. The Balaban J connectivity index is 2.55. The fourth-order valence-electron chi connectivity index (χ4n) is 1.50. The zero-order valence-electron chi connectivity index (χ0n) is 11.3. The lowest BCUT2D eigenvalue weighted by molar-refractivity contribution is -0.137. The molecule has 1 aromatic rings. The number of carboxylic acids is 1. The van der Waals surface area contributed by atoms with E-state index in [0.717, 1.165) is 23.3 Å². The molecule has 0 aliphatic rings. The highest BCUT2D eigenvalue weighted by molar-refractivity contribution is 6.04. The molecule has 0 radical (unpaired) electrons. The number of carboxylic acid groups (broad SMARTS) is 1. The van der Waals surface area contributed by atoms with Crippen LogP contribution in [0.15, 0.2) is 30.4 Å². The molecule has 2 amide bonds. The van der Waals surface area contributed by atoms with E-state index in [4.69, 9.17) is 5.11 Å². The summed E-state index contributed by atoms with van der Waals surface area (Å²) in [5, 5.41) is 13.1. The maximum Gasteiger partial charge on any atom is 0.322 e. The summed E-state index contributed by atoms with van der Waals surface area (Å²) < 4.78 is 0. The number of nitrogens with one attached hydrogen (secondary N) is 2. The first kappa shape index (κ1) is 15.4. The number of amides is 2. The second-order valence-corrected chi connectivity index (χ2v) is 4.25. The van der Waals surface area contributed by atoms with Gasteiger partial charge in [-0.15, -0.1) is 0 Å². The SMILES string of the molecule is Cc1ccc(NC(=O)/C=C\C(=O)NCC(=O)O)c(C)c1. The van der Waals surface area contributed by atoms with Crippen molar-refractivity contribution in [3.05, 3.63) is 41.5 Å². The van der Waals surface area contributed by atoms with Crippen LogP contribution in [0.3, 0.4) is 0 Å². The van der Waals surface area contributed by atoms with Gasteiger partial charge in [-0.3, -0.25) is 14.4 Å². The van der Waals surface area contributed by atoms with Crippen LogP contribution in [0.4, 0.5) is 5.69 Å². The van der Waals surface area contributed by atoms with Gasteiger partial charge in [0.2, 0.25) is 11.8 Å². The molecular weight excluding hydrogens is 260 g/mol. The standard InChI is InChI=1S/C14H16N2O4/c1-9-3-4-11(10(2)7-9)16-13(18)6-5-12(17)15-8-14(19)20/h3-7H,8H2,1-2H3,(H,15,17)(H,16,18)(H,19,20)/b6-5-. The highest BCUT2D eigenvalue weighted by Gasteiger charge is 2.03. The fraction of sp³-hybridized carbons (Fsp3) is 0.214. The van der Waals surface area contributed by atoms with Crippen LogP contribution in [0.5, 0.6) is 0 Å². The molecule has 3 N–H and O–H groups in total. The molecule has 0 saturated heterocycles. The largest absolute Gasteiger partial charge is 0.480 e. The average molecular weight is 276 g/mol. The van der Waals surface area contributed by atoms with Crippen molar-refractivity contribution in [1.82, 2.24) is 5.32 Å². The van der Waals surface area contributed by atoms with Crippen LogP contribution in [0, 0.1) is 13.8 Å². The number of carbonyl (C=O) groups is 3. The van der Waals surface area contributed by atoms with Crippen LogP contribution >= 0.6 is 0 Å². The maximum absolute atomic E-state index is 11.6. The first-order valence-electron chi connectivity index (χ1n) is 5.94. The van der Waals surface area contributed by atoms with E-state index in [9.17, 15) is 14.4 Å². The summed E-state index contributed by atoms with van der Waals surface area (Å²) in [5.41, 5.74) is 2.67. The summed E-state index contributed by atoms with van der Waals surface area (Å²) in [6, 6.07) is 5.58. The monoisotopic (exact) mass is 276 g/mol. The Bertz CT molecular complexity index is 564. The van der Waals surface area contributed by atoms with Crippen LogP contribution in [0.1, 0.15) is 11.1 Å². The number of anilines is 1. The Morgan fingerprint density at radius 2 is 1.80 bits per heavy atom. The van der Waals surface area contributed by atoms with E-state index in [1.807, 2.05) is 26.0 Å². The number of aliphatic carboxylic acids is 1. The molecular formula is C14H16N2O4. The van der Waals surface area contributed by atoms with Crippen molar-refractivity contribution in [1.29, 1.82) is 0 Å². The molecule has 6 heteroatoms. The summed E-state index contributed by atoms with van der Waals surface area (Å²) >= 11 is 0. The molecule has 0 saturated carbocycles. The second-order valence-electron chi connectivity index (χ2n) is 4.25. The summed E-state index contributed by atoms with van der Waals surface area (Å²) in [5.74, 6) is -2.24. The minimum atomic E-state index is -1.15. The van der Waals surface area contributed by atoms with Gasteiger partial charge in [0.05, 0.1) is 0 Å². The first-order valence-corrected chi connectivity index (χ1v) is 5.94. The number of aryl methyl sites for hydroxylation is 2. The number of hydrogen-bond acceptors (Lipinski definition) is 3. The van der Waals surface area contributed by atoms with Crippen molar-refractivity contribution in [2.75, 3.05) is 11.9 Å². The molecule has 0 aliphatic heterocycles. The highest BCUT2D eigenvalue weighted by Crippen LogP contribution is 2.15. The van der Waals surface area contributed by atoms with Gasteiger partial charge in [0.1, 0.15) is 6.54 Å². The van der Waals surface area contributed by atoms with E-state index >= 15 is 0 Å². The quantitative estimate of drug-likeness (QED) is 0.699. The molecule has 0 spiro atoms. The van der Waals surface area contributed by atoms with Gasteiger partial charge in [-0.2, -0.15) is 0 Å². The third-order valence-electron chi connectivity index (χ3n) is 2.44. The predicted octanol–water partition coefficient (Wildman–Crippen LogP) is 0.999. The van der Waals surface area contributed by atoms with E-state index < -0.39 is 24.3 Å². The van der Waals surface area contributed by atoms with Gasteiger partial charge in [-0.1, -0.05) is 17.7 Å². The number of carbonyl (C=O) groups excluding carboxylic acids is 2. The van der Waals surface area contributed by atoms with Gasteiger partial charge in [0.25, 0.3) is 0 Å². The third kappa shape index (κ3) is 5.34. The Morgan fingerprint density at radius 1 is 1.15 bits per heavy atom. The van der Waals surface area contributed by atoms with Crippen molar-refractivity contribution in [3.8, 4) is 0 Å². The lowest BCUT2D eigenvalue weighted by Crippen LogP contribution is -2.27. The second kappa shape index (κ2) is 7.08. The highest BCUT2D eigenvalue weighted by atomic mass is 16.4. The fourth-order valence-corrected chi connectivity index (χ4v) is 1.50. The average Bonchev–Trinajstić information content (AvgIpc) is 2.37. The van der Waals surface area contributed by atoms with Gasteiger partial charge < -0.3 is 15.7 Å². The molecule has 6 nitrogen and oxygen atoms in total. The lowest BCUT2D eigenvalue weighted by Gasteiger charge is -2.06. The third-order valence-corrected chi connectivity index (χ3v) is 2.44. The molecule has 0 aliphatic carbocycles. The summed E-state index contributed by atoms with van der Waals surface area (Å²) in [4.78, 5) is 33.0. The number of rotatable bonds is 5. The molecule has 0 atom stereocenters. The normalized spacial score (nSPS) is 10.3. The molecule has 1 aromatic carbocycles. The lowest BCUT2D eigenvalue weighted by atomic mass is 10.1. The van der Waals surface area contributed by atoms with E-state index in [1.54, 1.807) is 6.07 Å². The number of benzene rings is 1. The molecule has 0 heterocycles. The Morgan fingerprint density at radius 3 is 2.40 bits per heavy atom.